The molecule has 0 radical (unpaired) electrons. The minimum absolute atomic E-state index is 0.848. The van der Waals surface area contributed by atoms with Gasteiger partial charge in [0.1, 0.15) is 5.82 Å². The van der Waals surface area contributed by atoms with Gasteiger partial charge in [0.25, 0.3) is 0 Å². The highest BCUT2D eigenvalue weighted by Crippen LogP contribution is 2.26. The average Bonchev–Trinajstić information content (AvgIpc) is 3.11. The lowest BCUT2D eigenvalue weighted by Gasteiger charge is -2.20. The number of aromatic nitrogens is 1. The van der Waals surface area contributed by atoms with Crippen LogP contribution in [0.4, 0.5) is 5.82 Å². The van der Waals surface area contributed by atoms with Crippen LogP contribution in [0, 0.1) is 6.92 Å². The van der Waals surface area contributed by atoms with Gasteiger partial charge in [-0.25, -0.2) is 4.98 Å². The minimum Gasteiger partial charge on any atom is -0.369 e. The summed E-state index contributed by atoms with van der Waals surface area (Å²) in [5.74, 6) is 1.00. The van der Waals surface area contributed by atoms with Crippen LogP contribution in [0.15, 0.2) is 16.7 Å². The van der Waals surface area contributed by atoms with Crippen molar-refractivity contribution in [3.63, 3.8) is 0 Å². The van der Waals surface area contributed by atoms with Crippen molar-refractivity contribution in [2.75, 3.05) is 25.0 Å². The molecule has 0 unspecified atom stereocenters. The fourth-order valence-electron chi connectivity index (χ4n) is 2.08. The van der Waals surface area contributed by atoms with Gasteiger partial charge in [-0.05, 0) is 53.9 Å². The third kappa shape index (κ3) is 3.68. The highest BCUT2D eigenvalue weighted by Gasteiger charge is 2.27. The Balaban J connectivity index is 1.80. The number of nitrogens with zero attached hydrogens (tertiary/aromatic N) is 2. The van der Waals surface area contributed by atoms with Crippen LogP contribution in [0.5, 0.6) is 0 Å². The third-order valence-electron chi connectivity index (χ3n) is 3.21. The smallest absolute Gasteiger partial charge is 0.128 e. The largest absolute Gasteiger partial charge is 0.369 e. The first kappa shape index (κ1) is 12.8. The van der Waals surface area contributed by atoms with E-state index in [-0.39, 0.29) is 0 Å². The van der Waals surface area contributed by atoms with Crippen LogP contribution < -0.4 is 5.32 Å². The van der Waals surface area contributed by atoms with Crippen molar-refractivity contribution >= 4 is 21.7 Å². The van der Waals surface area contributed by atoms with E-state index in [0.29, 0.717) is 0 Å². The van der Waals surface area contributed by atoms with E-state index in [9.17, 15) is 0 Å². The van der Waals surface area contributed by atoms with Gasteiger partial charge in [0, 0.05) is 29.8 Å². The average molecular weight is 298 g/mol. The van der Waals surface area contributed by atoms with Crippen LogP contribution in [0.25, 0.3) is 0 Å². The first-order valence-corrected chi connectivity index (χ1v) is 7.10. The lowest BCUT2D eigenvalue weighted by molar-refractivity contribution is 0.289. The standard InChI is InChI=1S/C13H20BrN3/c1-3-17(12-4-5-12)7-6-15-13-10(2)8-11(14)9-16-13/h8-9,12H,3-7H2,1-2H3,(H,15,16). The summed E-state index contributed by atoms with van der Waals surface area (Å²) in [5, 5.41) is 3.41. The molecule has 1 saturated carbocycles. The Morgan fingerprint density at radius 2 is 2.29 bits per heavy atom. The highest BCUT2D eigenvalue weighted by atomic mass is 79.9. The van der Waals surface area contributed by atoms with Gasteiger partial charge in [0.2, 0.25) is 0 Å². The van der Waals surface area contributed by atoms with E-state index in [1.807, 2.05) is 6.20 Å². The van der Waals surface area contributed by atoms with Crippen LogP contribution >= 0.6 is 15.9 Å². The molecule has 0 bridgehead atoms. The molecule has 1 fully saturated rings. The lowest BCUT2D eigenvalue weighted by Crippen LogP contribution is -2.31. The summed E-state index contributed by atoms with van der Waals surface area (Å²) in [7, 11) is 0. The molecule has 0 spiro atoms. The van der Waals surface area contributed by atoms with E-state index in [2.05, 4.69) is 51.0 Å². The molecule has 1 aliphatic rings. The second kappa shape index (κ2) is 5.83. The summed E-state index contributed by atoms with van der Waals surface area (Å²) >= 11 is 3.43. The zero-order chi connectivity index (χ0) is 12.3. The number of aryl methyl sites for hydroxylation is 1. The van der Waals surface area contributed by atoms with Gasteiger partial charge in [-0.15, -0.1) is 0 Å². The number of pyridine rings is 1. The predicted molar refractivity (Wildman–Crippen MR) is 75.4 cm³/mol. The molecule has 1 N–H and O–H groups in total. The Bertz CT molecular complexity index is 377. The van der Waals surface area contributed by atoms with Gasteiger partial charge in [-0.2, -0.15) is 0 Å². The molecule has 17 heavy (non-hydrogen) atoms. The molecular formula is C13H20BrN3. The summed E-state index contributed by atoms with van der Waals surface area (Å²) in [5.41, 5.74) is 1.19. The Morgan fingerprint density at radius 3 is 2.88 bits per heavy atom. The number of hydrogen-bond acceptors (Lipinski definition) is 3. The Labute approximate surface area is 112 Å². The Kier molecular flexibility index (Phi) is 4.40. The second-order valence-electron chi connectivity index (χ2n) is 4.61. The minimum atomic E-state index is 0.848. The Morgan fingerprint density at radius 1 is 1.53 bits per heavy atom. The van der Waals surface area contributed by atoms with Crippen LogP contribution in [0.3, 0.4) is 0 Å². The van der Waals surface area contributed by atoms with Gasteiger partial charge in [-0.1, -0.05) is 6.92 Å². The molecule has 1 heterocycles. The normalized spacial score (nSPS) is 15.3. The summed E-state index contributed by atoms with van der Waals surface area (Å²) in [4.78, 5) is 6.93. The SMILES string of the molecule is CCN(CCNc1ncc(Br)cc1C)C1CC1. The van der Waals surface area contributed by atoms with E-state index in [4.69, 9.17) is 0 Å². The summed E-state index contributed by atoms with van der Waals surface area (Å²) in [6.45, 7) is 7.55. The van der Waals surface area contributed by atoms with E-state index in [0.717, 1.165) is 36.0 Å². The number of likely N-dealkylation sites (N-methyl/N-ethyl adjacent to an activating group) is 1. The summed E-state index contributed by atoms with van der Waals surface area (Å²) in [6.07, 6.45) is 4.60. The van der Waals surface area contributed by atoms with Crippen molar-refractivity contribution in [1.82, 2.24) is 9.88 Å². The predicted octanol–water partition coefficient (Wildman–Crippen LogP) is 3.05. The second-order valence-corrected chi connectivity index (χ2v) is 5.52. The molecule has 1 aromatic rings. The molecule has 94 valence electrons. The molecule has 0 amide bonds. The van der Waals surface area contributed by atoms with Crippen molar-refractivity contribution in [3.8, 4) is 0 Å². The molecule has 0 atom stereocenters. The number of hydrogen-bond donors (Lipinski definition) is 1. The zero-order valence-corrected chi connectivity index (χ0v) is 12.1. The van der Waals surface area contributed by atoms with Crippen molar-refractivity contribution in [1.29, 1.82) is 0 Å². The van der Waals surface area contributed by atoms with Crippen molar-refractivity contribution < 1.29 is 0 Å². The number of anilines is 1. The first-order valence-electron chi connectivity index (χ1n) is 6.30. The molecule has 0 aliphatic heterocycles. The van der Waals surface area contributed by atoms with Crippen molar-refractivity contribution in [3.05, 3.63) is 22.3 Å². The van der Waals surface area contributed by atoms with Gasteiger partial charge in [0.15, 0.2) is 0 Å². The number of rotatable bonds is 6. The molecule has 1 aliphatic carbocycles. The van der Waals surface area contributed by atoms with Crippen LogP contribution in [0.1, 0.15) is 25.3 Å². The van der Waals surface area contributed by atoms with E-state index in [1.165, 1.54) is 18.4 Å². The summed E-state index contributed by atoms with van der Waals surface area (Å²) < 4.78 is 1.04. The van der Waals surface area contributed by atoms with E-state index < -0.39 is 0 Å². The van der Waals surface area contributed by atoms with Gasteiger partial charge >= 0.3 is 0 Å². The molecule has 3 nitrogen and oxygen atoms in total. The molecular weight excluding hydrogens is 278 g/mol. The molecule has 1 aromatic heterocycles. The van der Waals surface area contributed by atoms with E-state index in [1.54, 1.807) is 0 Å². The molecule has 0 aromatic carbocycles. The Hall–Kier alpha value is -0.610. The van der Waals surface area contributed by atoms with Crippen LogP contribution in [-0.4, -0.2) is 35.6 Å². The number of halogens is 1. The zero-order valence-electron chi connectivity index (χ0n) is 10.5. The van der Waals surface area contributed by atoms with Gasteiger partial charge in [-0.3, -0.25) is 4.90 Å². The lowest BCUT2D eigenvalue weighted by atomic mass is 10.3. The quantitative estimate of drug-likeness (QED) is 0.875. The molecule has 0 saturated heterocycles. The van der Waals surface area contributed by atoms with Crippen molar-refractivity contribution in [2.24, 2.45) is 0 Å². The maximum atomic E-state index is 4.38. The van der Waals surface area contributed by atoms with Crippen LogP contribution in [-0.2, 0) is 0 Å². The van der Waals surface area contributed by atoms with E-state index >= 15 is 0 Å². The monoisotopic (exact) mass is 297 g/mol. The van der Waals surface area contributed by atoms with Crippen molar-refractivity contribution in [2.45, 2.75) is 32.7 Å². The number of nitrogens with one attached hydrogen (secondary N) is 1. The topological polar surface area (TPSA) is 28.2 Å². The third-order valence-corrected chi connectivity index (χ3v) is 3.64. The fraction of sp³-hybridized carbons (Fsp3) is 0.615. The molecule has 4 heteroatoms. The van der Waals surface area contributed by atoms with Crippen LogP contribution in [0.2, 0.25) is 0 Å². The first-order chi connectivity index (χ1) is 8.20. The summed E-state index contributed by atoms with van der Waals surface area (Å²) in [6, 6.07) is 2.94. The maximum Gasteiger partial charge on any atom is 0.128 e. The van der Waals surface area contributed by atoms with Gasteiger partial charge < -0.3 is 5.32 Å². The molecule has 2 rings (SSSR count). The maximum absolute atomic E-state index is 4.38. The highest BCUT2D eigenvalue weighted by molar-refractivity contribution is 9.10. The van der Waals surface area contributed by atoms with Gasteiger partial charge in [0.05, 0.1) is 0 Å². The fourth-order valence-corrected chi connectivity index (χ4v) is 2.53.